The zero-order valence-corrected chi connectivity index (χ0v) is 11.3. The predicted molar refractivity (Wildman–Crippen MR) is 79.1 cm³/mol. The van der Waals surface area contributed by atoms with Crippen molar-refractivity contribution < 1.29 is 4.79 Å². The summed E-state index contributed by atoms with van der Waals surface area (Å²) in [5, 5.41) is 4.09. The number of halogens is 2. The first-order chi connectivity index (χ1) is 8.97. The van der Waals surface area contributed by atoms with Crippen LogP contribution >= 0.6 is 23.2 Å². The van der Waals surface area contributed by atoms with Crippen LogP contribution in [0.3, 0.4) is 0 Å². The van der Waals surface area contributed by atoms with Crippen LogP contribution in [0.25, 0.3) is 0 Å². The molecule has 0 fully saturated rings. The Labute approximate surface area is 120 Å². The normalized spacial score (nSPS) is 10.2. The summed E-state index contributed by atoms with van der Waals surface area (Å²) in [6, 6.07) is 9.84. The van der Waals surface area contributed by atoms with E-state index in [4.69, 9.17) is 34.7 Å². The number of nitrogens with two attached hydrogens (primary N) is 2. The van der Waals surface area contributed by atoms with Crippen molar-refractivity contribution in [3.05, 3.63) is 52.0 Å². The minimum absolute atomic E-state index is 0.352. The fourth-order valence-corrected chi connectivity index (χ4v) is 2.02. The molecule has 0 bridgehead atoms. The topological polar surface area (TPSA) is 81.1 Å². The molecular formula is C13H11Cl2N3O. The lowest BCUT2D eigenvalue weighted by molar-refractivity contribution is 0.100. The molecule has 4 nitrogen and oxygen atoms in total. The maximum atomic E-state index is 11.0. The number of carbonyl (C=O) groups is 1. The summed E-state index contributed by atoms with van der Waals surface area (Å²) in [6.45, 7) is 0. The Bertz CT molecular complexity index is 644. The molecule has 2 rings (SSSR count). The molecule has 19 heavy (non-hydrogen) atoms. The first kappa shape index (κ1) is 13.5. The molecule has 0 heterocycles. The average molecular weight is 296 g/mol. The van der Waals surface area contributed by atoms with Gasteiger partial charge in [0.25, 0.3) is 0 Å². The molecule has 0 radical (unpaired) electrons. The third kappa shape index (κ3) is 3.10. The van der Waals surface area contributed by atoms with E-state index in [2.05, 4.69) is 5.32 Å². The lowest BCUT2D eigenvalue weighted by atomic mass is 10.1. The molecule has 0 unspecified atom stereocenters. The zero-order valence-electron chi connectivity index (χ0n) is 9.78. The third-order valence-corrected chi connectivity index (χ3v) is 3.08. The van der Waals surface area contributed by atoms with Crippen molar-refractivity contribution in [1.82, 2.24) is 0 Å². The van der Waals surface area contributed by atoms with E-state index < -0.39 is 5.91 Å². The molecule has 98 valence electrons. The Morgan fingerprint density at radius 2 is 1.74 bits per heavy atom. The van der Waals surface area contributed by atoms with Gasteiger partial charge in [-0.1, -0.05) is 23.2 Å². The molecule has 0 aliphatic rings. The van der Waals surface area contributed by atoms with Crippen molar-refractivity contribution in [2.75, 3.05) is 11.1 Å². The molecule has 1 amide bonds. The van der Waals surface area contributed by atoms with E-state index in [1.165, 1.54) is 6.07 Å². The molecule has 0 aliphatic heterocycles. The number of primary amides is 1. The van der Waals surface area contributed by atoms with Crippen molar-refractivity contribution in [3.63, 3.8) is 0 Å². The number of rotatable bonds is 3. The van der Waals surface area contributed by atoms with Crippen molar-refractivity contribution in [2.24, 2.45) is 5.73 Å². The number of hydrogen-bond acceptors (Lipinski definition) is 3. The highest BCUT2D eigenvalue weighted by molar-refractivity contribution is 6.36. The Balaban J connectivity index is 2.31. The monoisotopic (exact) mass is 295 g/mol. The van der Waals surface area contributed by atoms with Crippen LogP contribution in [0.5, 0.6) is 0 Å². The van der Waals surface area contributed by atoms with E-state index in [9.17, 15) is 4.79 Å². The molecule has 0 saturated heterocycles. The molecule has 2 aromatic carbocycles. The number of nitrogens with one attached hydrogen (secondary N) is 1. The van der Waals surface area contributed by atoms with E-state index in [0.717, 1.165) is 0 Å². The molecule has 2 aromatic rings. The van der Waals surface area contributed by atoms with E-state index in [0.29, 0.717) is 32.7 Å². The van der Waals surface area contributed by atoms with Crippen LogP contribution < -0.4 is 16.8 Å². The van der Waals surface area contributed by atoms with Gasteiger partial charge >= 0.3 is 0 Å². The summed E-state index contributed by atoms with van der Waals surface area (Å²) in [5.74, 6) is -0.525. The fourth-order valence-electron chi connectivity index (χ4n) is 1.57. The lowest BCUT2D eigenvalue weighted by Crippen LogP contribution is -2.11. The van der Waals surface area contributed by atoms with Gasteiger partial charge in [0, 0.05) is 10.6 Å². The molecular weight excluding hydrogens is 285 g/mol. The Morgan fingerprint density at radius 3 is 2.32 bits per heavy atom. The first-order valence-corrected chi connectivity index (χ1v) is 6.14. The second kappa shape index (κ2) is 5.38. The molecule has 5 N–H and O–H groups in total. The maximum absolute atomic E-state index is 11.0. The highest BCUT2D eigenvalue weighted by atomic mass is 35.5. The molecule has 0 spiro atoms. The summed E-state index contributed by atoms with van der Waals surface area (Å²) >= 11 is 11.9. The third-order valence-electron chi connectivity index (χ3n) is 2.54. The van der Waals surface area contributed by atoms with Gasteiger partial charge in [-0.15, -0.1) is 0 Å². The standard InChI is InChI=1S/C13H11Cl2N3O/c14-8-2-4-11(9(15)6-8)18-12-3-1-7(13(17)19)5-10(12)16/h1-6,18H,16H2,(H2,17,19). The number of amides is 1. The van der Waals surface area contributed by atoms with Gasteiger partial charge in [0.2, 0.25) is 5.91 Å². The summed E-state index contributed by atoms with van der Waals surface area (Å²) < 4.78 is 0. The molecule has 0 atom stereocenters. The zero-order chi connectivity index (χ0) is 14.0. The summed E-state index contributed by atoms with van der Waals surface area (Å²) in [5.41, 5.74) is 13.1. The summed E-state index contributed by atoms with van der Waals surface area (Å²) in [7, 11) is 0. The van der Waals surface area contributed by atoms with E-state index in [-0.39, 0.29) is 0 Å². The van der Waals surface area contributed by atoms with Crippen LogP contribution in [0.1, 0.15) is 10.4 Å². The van der Waals surface area contributed by atoms with Gasteiger partial charge in [0.05, 0.1) is 22.1 Å². The van der Waals surface area contributed by atoms with Crippen LogP contribution in [-0.2, 0) is 0 Å². The van der Waals surface area contributed by atoms with Crippen LogP contribution in [0, 0.1) is 0 Å². The summed E-state index contributed by atoms with van der Waals surface area (Å²) in [6.07, 6.45) is 0. The quantitative estimate of drug-likeness (QED) is 0.759. The van der Waals surface area contributed by atoms with Gasteiger partial charge in [-0.2, -0.15) is 0 Å². The fraction of sp³-hybridized carbons (Fsp3) is 0. The molecule has 0 aliphatic carbocycles. The lowest BCUT2D eigenvalue weighted by Gasteiger charge is -2.11. The number of anilines is 3. The SMILES string of the molecule is NC(=O)c1ccc(Nc2ccc(Cl)cc2Cl)c(N)c1. The minimum Gasteiger partial charge on any atom is -0.397 e. The van der Waals surface area contributed by atoms with Crippen molar-refractivity contribution >= 4 is 46.2 Å². The highest BCUT2D eigenvalue weighted by Crippen LogP contribution is 2.30. The van der Waals surface area contributed by atoms with Gasteiger partial charge < -0.3 is 16.8 Å². The molecule has 0 aromatic heterocycles. The van der Waals surface area contributed by atoms with Crippen molar-refractivity contribution in [3.8, 4) is 0 Å². The number of carbonyl (C=O) groups excluding carboxylic acids is 1. The van der Waals surface area contributed by atoms with Gasteiger partial charge in [-0.05, 0) is 36.4 Å². The van der Waals surface area contributed by atoms with Crippen LogP contribution in [0.2, 0.25) is 10.0 Å². The van der Waals surface area contributed by atoms with Gasteiger partial charge in [0.15, 0.2) is 0 Å². The largest absolute Gasteiger partial charge is 0.397 e. The number of nitrogen functional groups attached to an aromatic ring is 1. The van der Waals surface area contributed by atoms with Crippen molar-refractivity contribution in [1.29, 1.82) is 0 Å². The second-order valence-electron chi connectivity index (χ2n) is 3.92. The number of benzene rings is 2. The first-order valence-electron chi connectivity index (χ1n) is 5.39. The molecule has 6 heteroatoms. The van der Waals surface area contributed by atoms with Gasteiger partial charge in [-0.3, -0.25) is 4.79 Å². The van der Waals surface area contributed by atoms with E-state index in [1.54, 1.807) is 30.3 Å². The van der Waals surface area contributed by atoms with E-state index >= 15 is 0 Å². The van der Waals surface area contributed by atoms with Crippen LogP contribution in [-0.4, -0.2) is 5.91 Å². The highest BCUT2D eigenvalue weighted by Gasteiger charge is 2.07. The number of hydrogen-bond donors (Lipinski definition) is 3. The van der Waals surface area contributed by atoms with Crippen LogP contribution in [0.4, 0.5) is 17.1 Å². The minimum atomic E-state index is -0.525. The summed E-state index contributed by atoms with van der Waals surface area (Å²) in [4.78, 5) is 11.0. The predicted octanol–water partition coefficient (Wildman–Crippen LogP) is 3.42. The Morgan fingerprint density at radius 1 is 1.05 bits per heavy atom. The van der Waals surface area contributed by atoms with Crippen LogP contribution in [0.15, 0.2) is 36.4 Å². The van der Waals surface area contributed by atoms with Gasteiger partial charge in [0.1, 0.15) is 0 Å². The van der Waals surface area contributed by atoms with Crippen molar-refractivity contribution in [2.45, 2.75) is 0 Å². The Kier molecular flexibility index (Phi) is 3.83. The second-order valence-corrected chi connectivity index (χ2v) is 4.76. The smallest absolute Gasteiger partial charge is 0.248 e. The maximum Gasteiger partial charge on any atom is 0.248 e. The average Bonchev–Trinajstić information content (AvgIpc) is 2.34. The Hall–Kier alpha value is -1.91. The molecule has 0 saturated carbocycles. The van der Waals surface area contributed by atoms with Gasteiger partial charge in [-0.25, -0.2) is 0 Å². The van der Waals surface area contributed by atoms with E-state index in [1.807, 2.05) is 0 Å².